The highest BCUT2D eigenvalue weighted by molar-refractivity contribution is 5.82. The summed E-state index contributed by atoms with van der Waals surface area (Å²) < 4.78 is 0. The normalized spacial score (nSPS) is 14.5. The van der Waals surface area contributed by atoms with E-state index in [1.54, 1.807) is 0 Å². The maximum atomic E-state index is 11.8. The Morgan fingerprint density at radius 3 is 2.05 bits per heavy atom. The summed E-state index contributed by atoms with van der Waals surface area (Å²) in [5.41, 5.74) is 3.46. The molecule has 1 aromatic rings. The van der Waals surface area contributed by atoms with Crippen LogP contribution in [0.5, 0.6) is 0 Å². The van der Waals surface area contributed by atoms with Crippen LogP contribution in [0, 0.1) is 20.8 Å². The molecule has 0 amide bonds. The summed E-state index contributed by atoms with van der Waals surface area (Å²) in [4.78, 5) is 13.8. The topological polar surface area (TPSA) is 40.5 Å². The molecule has 0 aliphatic rings. The van der Waals surface area contributed by atoms with Crippen LogP contribution in [0.15, 0.2) is 12.1 Å². The molecule has 0 saturated heterocycles. The molecular weight excluding hydrogens is 238 g/mol. The van der Waals surface area contributed by atoms with Gasteiger partial charge in [0.25, 0.3) is 0 Å². The van der Waals surface area contributed by atoms with E-state index in [1.165, 1.54) is 5.56 Å². The number of hydrogen-bond acceptors (Lipinski definition) is 2. The minimum Gasteiger partial charge on any atom is -0.481 e. The molecule has 19 heavy (non-hydrogen) atoms. The molecule has 1 N–H and O–H groups in total. The van der Waals surface area contributed by atoms with E-state index >= 15 is 0 Å². The van der Waals surface area contributed by atoms with Crippen molar-refractivity contribution in [2.45, 2.75) is 39.5 Å². The Hall–Kier alpha value is -1.35. The quantitative estimate of drug-likeness (QED) is 0.888. The van der Waals surface area contributed by atoms with Gasteiger partial charge in [0.1, 0.15) is 0 Å². The van der Waals surface area contributed by atoms with E-state index < -0.39 is 11.4 Å². The first-order valence-corrected chi connectivity index (χ1v) is 6.65. The van der Waals surface area contributed by atoms with Crippen molar-refractivity contribution in [1.82, 2.24) is 4.90 Å². The number of hydrogen-bond donors (Lipinski definition) is 1. The summed E-state index contributed by atoms with van der Waals surface area (Å²) in [5.74, 6) is -0.746. The van der Waals surface area contributed by atoms with Gasteiger partial charge in [0.15, 0.2) is 0 Å². The van der Waals surface area contributed by atoms with Crippen molar-refractivity contribution in [1.29, 1.82) is 0 Å². The van der Waals surface area contributed by atoms with Gasteiger partial charge >= 0.3 is 5.97 Å². The van der Waals surface area contributed by atoms with Gasteiger partial charge in [-0.3, -0.25) is 4.79 Å². The molecule has 0 bridgehead atoms. The third kappa shape index (κ3) is 3.35. The van der Waals surface area contributed by atoms with Gasteiger partial charge in [0.2, 0.25) is 0 Å². The lowest BCUT2D eigenvalue weighted by Crippen LogP contribution is -2.37. The molecule has 0 saturated carbocycles. The van der Waals surface area contributed by atoms with E-state index in [0.717, 1.165) is 23.2 Å². The van der Waals surface area contributed by atoms with Gasteiger partial charge in [-0.2, -0.15) is 0 Å². The first-order chi connectivity index (χ1) is 8.68. The minimum absolute atomic E-state index is 0.611. The maximum Gasteiger partial charge on any atom is 0.313 e. The number of benzene rings is 1. The maximum absolute atomic E-state index is 11.8. The zero-order chi connectivity index (χ0) is 14.8. The molecule has 3 heteroatoms. The second-order valence-corrected chi connectivity index (χ2v) is 5.96. The number of carboxylic acids is 1. The lowest BCUT2D eigenvalue weighted by molar-refractivity contribution is -0.143. The van der Waals surface area contributed by atoms with Gasteiger partial charge < -0.3 is 10.0 Å². The first-order valence-electron chi connectivity index (χ1n) is 6.65. The number of aliphatic carboxylic acids is 1. The predicted molar refractivity (Wildman–Crippen MR) is 78.8 cm³/mol. The summed E-state index contributed by atoms with van der Waals surface area (Å²) in [6, 6.07) is 4.14. The molecule has 1 atom stereocenters. The largest absolute Gasteiger partial charge is 0.481 e. The molecule has 0 fully saturated rings. The van der Waals surface area contributed by atoms with Crippen LogP contribution in [0.4, 0.5) is 0 Å². The number of carboxylic acid groups (broad SMARTS) is 1. The molecule has 0 spiro atoms. The van der Waals surface area contributed by atoms with Crippen LogP contribution in [0.1, 0.15) is 35.6 Å². The Kier molecular flexibility index (Phi) is 4.75. The van der Waals surface area contributed by atoms with Crippen LogP contribution in [0.2, 0.25) is 0 Å². The van der Waals surface area contributed by atoms with Crippen molar-refractivity contribution in [2.75, 3.05) is 20.6 Å². The van der Waals surface area contributed by atoms with Gasteiger partial charge in [-0.1, -0.05) is 17.7 Å². The van der Waals surface area contributed by atoms with E-state index in [1.807, 2.05) is 46.7 Å². The molecule has 1 rings (SSSR count). The van der Waals surface area contributed by atoms with Crippen LogP contribution in [0.3, 0.4) is 0 Å². The fourth-order valence-electron chi connectivity index (χ4n) is 2.84. The van der Waals surface area contributed by atoms with Gasteiger partial charge in [-0.05, 0) is 71.4 Å². The number of aryl methyl sites for hydroxylation is 3. The fraction of sp³-hybridized carbons (Fsp3) is 0.562. The zero-order valence-electron chi connectivity index (χ0n) is 12.9. The molecule has 0 aliphatic carbocycles. The van der Waals surface area contributed by atoms with Gasteiger partial charge in [-0.15, -0.1) is 0 Å². The van der Waals surface area contributed by atoms with Crippen molar-refractivity contribution in [3.63, 3.8) is 0 Å². The first kappa shape index (κ1) is 15.7. The minimum atomic E-state index is -0.827. The molecule has 0 aliphatic heterocycles. The Bertz CT molecular complexity index is 457. The monoisotopic (exact) mass is 263 g/mol. The van der Waals surface area contributed by atoms with Crippen molar-refractivity contribution < 1.29 is 9.90 Å². The van der Waals surface area contributed by atoms with Gasteiger partial charge in [0, 0.05) is 0 Å². The van der Waals surface area contributed by atoms with E-state index in [2.05, 4.69) is 12.1 Å². The standard InChI is InChI=1S/C16H25NO2/c1-11-9-12(2)14(13(3)10-11)16(4,15(18)19)7-8-17(5)6/h9-10H,7-8H2,1-6H3,(H,18,19). The lowest BCUT2D eigenvalue weighted by Gasteiger charge is -2.30. The van der Waals surface area contributed by atoms with E-state index in [4.69, 9.17) is 0 Å². The van der Waals surface area contributed by atoms with Crippen molar-refractivity contribution in [2.24, 2.45) is 0 Å². The third-order valence-electron chi connectivity index (χ3n) is 3.76. The molecule has 0 aromatic heterocycles. The van der Waals surface area contributed by atoms with E-state index in [0.29, 0.717) is 6.42 Å². The van der Waals surface area contributed by atoms with Crippen LogP contribution >= 0.6 is 0 Å². The summed E-state index contributed by atoms with van der Waals surface area (Å²) in [7, 11) is 3.94. The lowest BCUT2D eigenvalue weighted by atomic mass is 9.75. The Morgan fingerprint density at radius 1 is 1.21 bits per heavy atom. The molecule has 3 nitrogen and oxygen atoms in total. The van der Waals surface area contributed by atoms with E-state index in [-0.39, 0.29) is 0 Å². The second kappa shape index (κ2) is 5.74. The highest BCUT2D eigenvalue weighted by atomic mass is 16.4. The van der Waals surface area contributed by atoms with Gasteiger partial charge in [0.05, 0.1) is 5.41 Å². The number of carbonyl (C=O) groups is 1. The molecule has 1 aromatic carbocycles. The number of rotatable bonds is 5. The second-order valence-electron chi connectivity index (χ2n) is 5.96. The summed E-state index contributed by atoms with van der Waals surface area (Å²) in [6.07, 6.45) is 0.611. The predicted octanol–water partition coefficient (Wildman–Crippen LogP) is 2.91. The average molecular weight is 263 g/mol. The van der Waals surface area contributed by atoms with Gasteiger partial charge in [-0.25, -0.2) is 0 Å². The zero-order valence-corrected chi connectivity index (χ0v) is 12.9. The van der Waals surface area contributed by atoms with Crippen molar-refractivity contribution >= 4 is 5.97 Å². The van der Waals surface area contributed by atoms with Crippen LogP contribution < -0.4 is 0 Å². The molecule has 106 valence electrons. The average Bonchev–Trinajstić information content (AvgIpc) is 2.24. The summed E-state index contributed by atoms with van der Waals surface area (Å²) >= 11 is 0. The van der Waals surface area contributed by atoms with E-state index in [9.17, 15) is 9.90 Å². The smallest absolute Gasteiger partial charge is 0.313 e. The van der Waals surface area contributed by atoms with Crippen molar-refractivity contribution in [3.8, 4) is 0 Å². The SMILES string of the molecule is Cc1cc(C)c(C(C)(CCN(C)C)C(=O)O)c(C)c1. The molecule has 0 heterocycles. The highest BCUT2D eigenvalue weighted by Gasteiger charge is 2.37. The number of nitrogens with zero attached hydrogens (tertiary/aromatic N) is 1. The van der Waals surface area contributed by atoms with Crippen LogP contribution in [0.25, 0.3) is 0 Å². The summed E-state index contributed by atoms with van der Waals surface area (Å²) in [6.45, 7) is 8.65. The van der Waals surface area contributed by atoms with Crippen LogP contribution in [-0.2, 0) is 10.2 Å². The Balaban J connectivity index is 3.30. The fourth-order valence-corrected chi connectivity index (χ4v) is 2.84. The Labute approximate surface area is 116 Å². The highest BCUT2D eigenvalue weighted by Crippen LogP contribution is 2.34. The molecule has 0 radical (unpaired) electrons. The van der Waals surface area contributed by atoms with Crippen LogP contribution in [-0.4, -0.2) is 36.6 Å². The summed E-state index contributed by atoms with van der Waals surface area (Å²) in [5, 5.41) is 9.70. The third-order valence-corrected chi connectivity index (χ3v) is 3.76. The van der Waals surface area contributed by atoms with Crippen molar-refractivity contribution in [3.05, 3.63) is 34.4 Å². The molecule has 1 unspecified atom stereocenters. The molecular formula is C16H25NO2. The Morgan fingerprint density at radius 2 is 1.68 bits per heavy atom.